The first-order valence-electron chi connectivity index (χ1n) is 9.68. The van der Waals surface area contributed by atoms with Crippen molar-refractivity contribution in [1.82, 2.24) is 9.62 Å². The van der Waals surface area contributed by atoms with Crippen LogP contribution in [0.15, 0.2) is 53.4 Å². The molecule has 0 unspecified atom stereocenters. The number of amides is 1. The average Bonchev–Trinajstić information content (AvgIpc) is 2.74. The maximum atomic E-state index is 12.6. The number of rotatable bonds is 8. The zero-order valence-electron chi connectivity index (χ0n) is 17.1. The van der Waals surface area contributed by atoms with Crippen molar-refractivity contribution in [3.05, 3.63) is 59.7 Å². The van der Waals surface area contributed by atoms with Gasteiger partial charge in [-0.25, -0.2) is 16.8 Å². The van der Waals surface area contributed by atoms with Gasteiger partial charge in [0.2, 0.25) is 20.0 Å². The Hall–Kier alpha value is -2.47. The monoisotopic (exact) mass is 467 g/mol. The minimum atomic E-state index is -3.52. The summed E-state index contributed by atoms with van der Waals surface area (Å²) in [5.74, 6) is -0.280. The van der Waals surface area contributed by atoms with Crippen LogP contribution in [0.2, 0.25) is 0 Å². The molecular formula is C20H25N3O6S2. The summed E-state index contributed by atoms with van der Waals surface area (Å²) in [5.41, 5.74) is 1.69. The van der Waals surface area contributed by atoms with Crippen LogP contribution in [0.4, 0.5) is 5.69 Å². The van der Waals surface area contributed by atoms with Crippen LogP contribution in [0.25, 0.3) is 0 Å². The molecule has 9 nitrogen and oxygen atoms in total. The maximum Gasteiger partial charge on any atom is 0.251 e. The summed E-state index contributed by atoms with van der Waals surface area (Å²) < 4.78 is 56.7. The van der Waals surface area contributed by atoms with E-state index in [0.29, 0.717) is 50.5 Å². The molecule has 168 valence electrons. The van der Waals surface area contributed by atoms with Gasteiger partial charge in [-0.1, -0.05) is 12.1 Å². The summed E-state index contributed by atoms with van der Waals surface area (Å²) in [5, 5.41) is 2.79. The van der Waals surface area contributed by atoms with Crippen molar-refractivity contribution in [3.63, 3.8) is 0 Å². The summed E-state index contributed by atoms with van der Waals surface area (Å²) in [6.45, 7) is 1.86. The second kappa shape index (κ2) is 9.77. The minimum Gasteiger partial charge on any atom is -0.379 e. The molecule has 3 rings (SSSR count). The van der Waals surface area contributed by atoms with E-state index in [9.17, 15) is 21.6 Å². The zero-order valence-corrected chi connectivity index (χ0v) is 18.7. The van der Waals surface area contributed by atoms with Crippen molar-refractivity contribution < 1.29 is 26.4 Å². The van der Waals surface area contributed by atoms with Crippen molar-refractivity contribution in [1.29, 1.82) is 0 Å². The molecule has 2 aromatic rings. The highest BCUT2D eigenvalue weighted by Crippen LogP contribution is 2.18. The van der Waals surface area contributed by atoms with Gasteiger partial charge in [0.25, 0.3) is 5.91 Å². The second-order valence-electron chi connectivity index (χ2n) is 7.12. The number of ether oxygens (including phenoxy) is 1. The van der Waals surface area contributed by atoms with Crippen LogP contribution in [0.5, 0.6) is 0 Å². The van der Waals surface area contributed by atoms with Gasteiger partial charge in [-0.3, -0.25) is 9.52 Å². The molecule has 1 saturated heterocycles. The number of anilines is 1. The first-order valence-corrected chi connectivity index (χ1v) is 13.0. The Morgan fingerprint density at radius 2 is 1.58 bits per heavy atom. The fourth-order valence-electron chi connectivity index (χ4n) is 3.09. The summed E-state index contributed by atoms with van der Waals surface area (Å²) >= 11 is 0. The molecule has 1 aliphatic heterocycles. The molecule has 0 radical (unpaired) electrons. The highest BCUT2D eigenvalue weighted by Gasteiger charge is 2.26. The number of carbonyl (C=O) groups excluding carboxylic acids is 1. The topological polar surface area (TPSA) is 122 Å². The summed E-state index contributed by atoms with van der Waals surface area (Å²) in [7, 11) is -6.89. The number of carbonyl (C=O) groups is 1. The van der Waals surface area contributed by atoms with E-state index in [1.807, 2.05) is 0 Å². The van der Waals surface area contributed by atoms with Crippen molar-refractivity contribution >= 4 is 31.6 Å². The second-order valence-corrected chi connectivity index (χ2v) is 10.8. The molecule has 0 aromatic heterocycles. The third-order valence-corrected chi connectivity index (χ3v) is 7.20. The number of benzene rings is 2. The maximum absolute atomic E-state index is 12.6. The quantitative estimate of drug-likeness (QED) is 0.599. The fourth-order valence-corrected chi connectivity index (χ4v) is 5.06. The Bertz CT molecular complexity index is 1110. The molecule has 0 aliphatic carbocycles. The Labute approximate surface area is 182 Å². The van der Waals surface area contributed by atoms with Gasteiger partial charge in [0.15, 0.2) is 0 Å². The van der Waals surface area contributed by atoms with Crippen LogP contribution in [-0.4, -0.2) is 66.2 Å². The van der Waals surface area contributed by atoms with Crippen molar-refractivity contribution in [2.45, 2.75) is 11.3 Å². The van der Waals surface area contributed by atoms with E-state index in [4.69, 9.17) is 4.74 Å². The van der Waals surface area contributed by atoms with E-state index in [0.717, 1.165) is 11.8 Å². The summed E-state index contributed by atoms with van der Waals surface area (Å²) in [6.07, 6.45) is 1.59. The van der Waals surface area contributed by atoms with E-state index in [1.54, 1.807) is 24.3 Å². The Morgan fingerprint density at radius 3 is 2.16 bits per heavy atom. The predicted octanol–water partition coefficient (Wildman–Crippen LogP) is 1.05. The molecule has 11 heteroatoms. The lowest BCUT2D eigenvalue weighted by atomic mass is 10.1. The third-order valence-electron chi connectivity index (χ3n) is 4.68. The molecule has 0 bridgehead atoms. The van der Waals surface area contributed by atoms with Crippen molar-refractivity contribution in [3.8, 4) is 0 Å². The van der Waals surface area contributed by atoms with E-state index in [2.05, 4.69) is 10.0 Å². The van der Waals surface area contributed by atoms with Crippen LogP contribution in [0.1, 0.15) is 15.9 Å². The van der Waals surface area contributed by atoms with Crippen molar-refractivity contribution in [2.24, 2.45) is 0 Å². The third kappa shape index (κ3) is 6.50. The molecule has 1 fully saturated rings. The van der Waals surface area contributed by atoms with Gasteiger partial charge in [-0.05, 0) is 48.4 Å². The van der Waals surface area contributed by atoms with Gasteiger partial charge in [-0.2, -0.15) is 4.31 Å². The highest BCUT2D eigenvalue weighted by molar-refractivity contribution is 7.92. The SMILES string of the molecule is CS(=O)(=O)Nc1ccc(C(=O)NCCc2ccc(S(=O)(=O)N3CCOCC3)cc2)cc1. The Kier molecular flexibility index (Phi) is 7.31. The standard InChI is InChI=1S/C20H25N3O6S2/c1-30(25,26)22-18-6-4-17(5-7-18)20(24)21-11-10-16-2-8-19(9-3-16)31(27,28)23-12-14-29-15-13-23/h2-9,22H,10-15H2,1H3,(H,21,24). The number of hydrogen-bond acceptors (Lipinski definition) is 6. The van der Waals surface area contributed by atoms with E-state index in [-0.39, 0.29) is 10.8 Å². The largest absolute Gasteiger partial charge is 0.379 e. The average molecular weight is 468 g/mol. The van der Waals surface area contributed by atoms with E-state index >= 15 is 0 Å². The smallest absolute Gasteiger partial charge is 0.251 e. The van der Waals surface area contributed by atoms with Gasteiger partial charge in [0.05, 0.1) is 24.4 Å². The lowest BCUT2D eigenvalue weighted by Crippen LogP contribution is -2.40. The molecule has 2 N–H and O–H groups in total. The molecule has 0 saturated carbocycles. The van der Waals surface area contributed by atoms with E-state index < -0.39 is 20.0 Å². The fraction of sp³-hybridized carbons (Fsp3) is 0.350. The predicted molar refractivity (Wildman–Crippen MR) is 117 cm³/mol. The Morgan fingerprint density at radius 1 is 0.968 bits per heavy atom. The Balaban J connectivity index is 1.52. The van der Waals surface area contributed by atoms with Crippen LogP contribution >= 0.6 is 0 Å². The van der Waals surface area contributed by atoms with Gasteiger partial charge >= 0.3 is 0 Å². The summed E-state index contributed by atoms with van der Waals surface area (Å²) in [6, 6.07) is 12.7. The molecule has 2 aromatic carbocycles. The van der Waals surface area contributed by atoms with Crippen LogP contribution in [-0.2, 0) is 31.2 Å². The molecule has 1 amide bonds. The van der Waals surface area contributed by atoms with Crippen LogP contribution in [0.3, 0.4) is 0 Å². The lowest BCUT2D eigenvalue weighted by Gasteiger charge is -2.26. The van der Waals surface area contributed by atoms with Gasteiger partial charge < -0.3 is 10.1 Å². The molecular weight excluding hydrogens is 442 g/mol. The summed E-state index contributed by atoms with van der Waals surface area (Å²) in [4.78, 5) is 12.5. The number of hydrogen-bond donors (Lipinski definition) is 2. The number of nitrogens with zero attached hydrogens (tertiary/aromatic N) is 1. The van der Waals surface area contributed by atoms with Crippen LogP contribution in [0, 0.1) is 0 Å². The van der Waals surface area contributed by atoms with E-state index in [1.165, 1.54) is 28.6 Å². The van der Waals surface area contributed by atoms with Crippen LogP contribution < -0.4 is 10.0 Å². The molecule has 1 aliphatic rings. The number of nitrogens with one attached hydrogen (secondary N) is 2. The first-order chi connectivity index (χ1) is 14.6. The molecule has 0 atom stereocenters. The number of sulfonamides is 2. The molecule has 0 spiro atoms. The van der Waals surface area contributed by atoms with Crippen molar-refractivity contribution in [2.75, 3.05) is 43.8 Å². The normalized spacial score (nSPS) is 15.4. The van der Waals surface area contributed by atoms with Gasteiger partial charge in [0, 0.05) is 30.9 Å². The zero-order chi connectivity index (χ0) is 22.5. The minimum absolute atomic E-state index is 0.241. The number of morpholine rings is 1. The highest BCUT2D eigenvalue weighted by atomic mass is 32.2. The lowest BCUT2D eigenvalue weighted by molar-refractivity contribution is 0.0730. The molecule has 31 heavy (non-hydrogen) atoms. The van der Waals surface area contributed by atoms with Gasteiger partial charge in [0.1, 0.15) is 0 Å². The first kappa shape index (κ1) is 23.2. The molecule has 1 heterocycles. The van der Waals surface area contributed by atoms with Gasteiger partial charge in [-0.15, -0.1) is 0 Å².